The second-order valence-electron chi connectivity index (χ2n) is 10.3. The SMILES string of the molecule is CCN(CC)[P@@]1(=Nc2cccc(C)c2C)/C(=C2/N(C)c3ccccc3C2(C)C)C=NN1c1ccccc1. The number of rotatable bonds is 5. The predicted molar refractivity (Wildman–Crippen MR) is 160 cm³/mol. The Morgan fingerprint density at radius 3 is 2.24 bits per heavy atom. The first kappa shape index (κ1) is 25.5. The number of anilines is 2. The van der Waals surface area contributed by atoms with Crippen LogP contribution in [0.15, 0.2) is 93.7 Å². The smallest absolute Gasteiger partial charge is 0.179 e. The summed E-state index contributed by atoms with van der Waals surface area (Å²) in [6, 6.07) is 25.8. The van der Waals surface area contributed by atoms with Gasteiger partial charge in [0.15, 0.2) is 7.36 Å². The lowest BCUT2D eigenvalue weighted by molar-refractivity contribution is 0.501. The Balaban J connectivity index is 1.91. The monoisotopic (exact) mass is 511 g/mol. The van der Waals surface area contributed by atoms with E-state index in [4.69, 9.17) is 9.85 Å². The van der Waals surface area contributed by atoms with Crippen LogP contribution in [-0.4, -0.2) is 31.0 Å². The van der Waals surface area contributed by atoms with Crippen molar-refractivity contribution in [3.63, 3.8) is 0 Å². The number of aryl methyl sites for hydroxylation is 1. The Morgan fingerprint density at radius 2 is 1.57 bits per heavy atom. The number of allylic oxidation sites excluding steroid dienone is 2. The van der Waals surface area contributed by atoms with Gasteiger partial charge in [0.2, 0.25) is 0 Å². The summed E-state index contributed by atoms with van der Waals surface area (Å²) in [5, 5.41) is 6.38. The highest BCUT2D eigenvalue weighted by atomic mass is 31.2. The van der Waals surface area contributed by atoms with Crippen molar-refractivity contribution in [3.05, 3.63) is 100 Å². The minimum absolute atomic E-state index is 0.186. The Bertz CT molecular complexity index is 1430. The highest BCUT2D eigenvalue weighted by molar-refractivity contribution is 7.71. The molecule has 5 rings (SSSR count). The molecular weight excluding hydrogens is 473 g/mol. The molecule has 0 fully saturated rings. The van der Waals surface area contributed by atoms with Gasteiger partial charge in [0, 0.05) is 36.9 Å². The largest absolute Gasteiger partial charge is 0.346 e. The van der Waals surface area contributed by atoms with E-state index in [0.29, 0.717) is 0 Å². The summed E-state index contributed by atoms with van der Waals surface area (Å²) in [7, 11) is -0.357. The summed E-state index contributed by atoms with van der Waals surface area (Å²) in [5.74, 6) is 0. The number of nitrogens with zero attached hydrogens (tertiary/aromatic N) is 5. The number of hydrogen-bond acceptors (Lipinski definition) is 3. The quantitative estimate of drug-likeness (QED) is 0.322. The normalized spacial score (nSPS) is 22.2. The molecule has 0 bridgehead atoms. The van der Waals surface area contributed by atoms with Gasteiger partial charge in [-0.2, -0.15) is 5.10 Å². The maximum absolute atomic E-state index is 5.79. The maximum atomic E-state index is 5.79. The van der Waals surface area contributed by atoms with Gasteiger partial charge in [0.25, 0.3) is 0 Å². The number of benzene rings is 3. The van der Waals surface area contributed by atoms with Crippen LogP contribution in [0, 0.1) is 13.8 Å². The second kappa shape index (κ2) is 9.63. The average Bonchev–Trinajstić information content (AvgIpc) is 3.35. The van der Waals surface area contributed by atoms with E-state index in [2.05, 4.69) is 142 Å². The summed E-state index contributed by atoms with van der Waals surface area (Å²) in [6.07, 6.45) is 2.10. The molecule has 2 heterocycles. The standard InChI is InChI=1S/C31H38N5P/c1-8-35(9-2)37(33-27-20-15-16-23(3)24(27)4)29(22-32-36(37)25-17-11-10-12-18-25)30-31(5,6)26-19-13-14-21-28(26)34(30)7/h10-22H,8-9H2,1-7H3/b30-29+/t37-/m0/s1. The molecule has 6 heteroatoms. The third-order valence-electron chi connectivity index (χ3n) is 7.92. The summed E-state index contributed by atoms with van der Waals surface area (Å²) in [4.78, 5) is 2.38. The van der Waals surface area contributed by atoms with Crippen molar-refractivity contribution >= 4 is 30.6 Å². The Kier molecular flexibility index (Phi) is 6.64. The van der Waals surface area contributed by atoms with E-state index < -0.39 is 7.36 Å². The second-order valence-corrected chi connectivity index (χ2v) is 13.1. The van der Waals surface area contributed by atoms with Crippen molar-refractivity contribution in [2.75, 3.05) is 29.8 Å². The molecule has 0 aliphatic carbocycles. The molecule has 192 valence electrons. The van der Waals surface area contributed by atoms with Crippen LogP contribution in [-0.2, 0) is 5.41 Å². The maximum Gasteiger partial charge on any atom is 0.179 e. The van der Waals surface area contributed by atoms with Crippen LogP contribution < -0.4 is 9.68 Å². The summed E-state index contributed by atoms with van der Waals surface area (Å²) < 4.78 is 10.6. The lowest BCUT2D eigenvalue weighted by Gasteiger charge is -2.41. The fourth-order valence-corrected chi connectivity index (χ4v) is 9.80. The number of fused-ring (bicyclic) bond motifs is 1. The molecular formula is C31H38N5P. The fraction of sp³-hybridized carbons (Fsp3) is 0.323. The molecule has 3 aromatic rings. The molecule has 2 aliphatic rings. The predicted octanol–water partition coefficient (Wildman–Crippen LogP) is 8.45. The molecule has 0 radical (unpaired) electrons. The van der Waals surface area contributed by atoms with Crippen molar-refractivity contribution in [1.82, 2.24) is 4.67 Å². The van der Waals surface area contributed by atoms with Crippen LogP contribution in [0.5, 0.6) is 0 Å². The van der Waals surface area contributed by atoms with Crippen LogP contribution in [0.4, 0.5) is 17.1 Å². The summed E-state index contributed by atoms with van der Waals surface area (Å²) in [5.41, 5.74) is 8.29. The summed E-state index contributed by atoms with van der Waals surface area (Å²) >= 11 is 0. The van der Waals surface area contributed by atoms with E-state index in [9.17, 15) is 0 Å². The molecule has 0 amide bonds. The van der Waals surface area contributed by atoms with Crippen molar-refractivity contribution < 1.29 is 0 Å². The van der Waals surface area contributed by atoms with Gasteiger partial charge < -0.3 is 4.90 Å². The topological polar surface area (TPSA) is 34.4 Å². The van der Waals surface area contributed by atoms with Crippen LogP contribution in [0.2, 0.25) is 0 Å². The average molecular weight is 512 g/mol. The molecule has 0 aromatic heterocycles. The van der Waals surface area contributed by atoms with Crippen molar-refractivity contribution in [1.29, 1.82) is 0 Å². The van der Waals surface area contributed by atoms with Gasteiger partial charge >= 0.3 is 0 Å². The van der Waals surface area contributed by atoms with Gasteiger partial charge in [0.1, 0.15) is 0 Å². The van der Waals surface area contributed by atoms with Crippen LogP contribution in [0.3, 0.4) is 0 Å². The van der Waals surface area contributed by atoms with Crippen molar-refractivity contribution in [3.8, 4) is 0 Å². The van der Waals surface area contributed by atoms with Crippen molar-refractivity contribution in [2.24, 2.45) is 9.85 Å². The van der Waals surface area contributed by atoms with Gasteiger partial charge in [-0.15, -0.1) is 0 Å². The van der Waals surface area contributed by atoms with Crippen LogP contribution >= 0.6 is 7.36 Å². The molecule has 3 aromatic carbocycles. The molecule has 0 spiro atoms. The van der Waals surface area contributed by atoms with Crippen LogP contribution in [0.25, 0.3) is 0 Å². The number of hydrazone groups is 1. The summed E-state index contributed by atoms with van der Waals surface area (Å²) in [6.45, 7) is 15.3. The number of likely N-dealkylation sites (N-methyl/N-ethyl adjacent to an activating group) is 1. The highest BCUT2D eigenvalue weighted by Gasteiger charge is 2.49. The third kappa shape index (κ3) is 3.88. The van der Waals surface area contributed by atoms with E-state index >= 15 is 0 Å². The number of para-hydroxylation sites is 2. The zero-order valence-corrected chi connectivity index (χ0v) is 24.0. The van der Waals surface area contributed by atoms with E-state index in [0.717, 1.165) is 24.5 Å². The molecule has 0 saturated heterocycles. The van der Waals surface area contributed by atoms with E-state index in [1.165, 1.54) is 33.4 Å². The Hall–Kier alpha value is -3.14. The van der Waals surface area contributed by atoms with Gasteiger partial charge in [0.05, 0.1) is 22.9 Å². The van der Waals surface area contributed by atoms with Crippen LogP contribution in [0.1, 0.15) is 44.4 Å². The number of hydrogen-bond donors (Lipinski definition) is 0. The highest BCUT2D eigenvalue weighted by Crippen LogP contribution is 2.70. The molecule has 2 aliphatic heterocycles. The lowest BCUT2D eigenvalue weighted by atomic mass is 9.84. The lowest BCUT2D eigenvalue weighted by Crippen LogP contribution is -2.31. The van der Waals surface area contributed by atoms with Gasteiger partial charge in [-0.05, 0) is 54.8 Å². The van der Waals surface area contributed by atoms with E-state index in [-0.39, 0.29) is 5.41 Å². The molecule has 5 nitrogen and oxygen atoms in total. The zero-order chi connectivity index (χ0) is 26.4. The molecule has 0 unspecified atom stereocenters. The fourth-order valence-electron chi connectivity index (χ4n) is 5.85. The minimum atomic E-state index is -2.56. The first-order chi connectivity index (χ1) is 17.8. The Labute approximate surface area is 222 Å². The first-order valence-corrected chi connectivity index (χ1v) is 14.8. The van der Waals surface area contributed by atoms with E-state index in [1.54, 1.807) is 0 Å². The molecule has 37 heavy (non-hydrogen) atoms. The van der Waals surface area contributed by atoms with Crippen molar-refractivity contribution in [2.45, 2.75) is 47.0 Å². The van der Waals surface area contributed by atoms with Gasteiger partial charge in [-0.1, -0.05) is 76.2 Å². The molecule has 1 atom stereocenters. The zero-order valence-electron chi connectivity index (χ0n) is 23.1. The first-order valence-electron chi connectivity index (χ1n) is 13.2. The minimum Gasteiger partial charge on any atom is -0.346 e. The third-order valence-corrected chi connectivity index (χ3v) is 11.6. The Morgan fingerprint density at radius 1 is 0.892 bits per heavy atom. The van der Waals surface area contributed by atoms with Gasteiger partial charge in [-0.3, -0.25) is 0 Å². The van der Waals surface area contributed by atoms with Gasteiger partial charge in [-0.25, -0.2) is 14.2 Å². The van der Waals surface area contributed by atoms with E-state index in [1.807, 2.05) is 0 Å². The molecule has 0 saturated carbocycles. The molecule has 0 N–H and O–H groups in total.